The molecule has 0 N–H and O–H groups in total. The lowest BCUT2D eigenvalue weighted by atomic mass is 10.1. The van der Waals surface area contributed by atoms with Crippen molar-refractivity contribution in [2.24, 2.45) is 0 Å². The molecule has 0 fully saturated rings. The van der Waals surface area contributed by atoms with Gasteiger partial charge >= 0.3 is 0 Å². The quantitative estimate of drug-likeness (QED) is 0.612. The van der Waals surface area contributed by atoms with E-state index in [4.69, 9.17) is 0 Å². The maximum atomic E-state index is 12.2. The van der Waals surface area contributed by atoms with Gasteiger partial charge in [0, 0.05) is 16.5 Å². The molecule has 1 heterocycles. The maximum Gasteiger partial charge on any atom is 0.286 e. The Balaban J connectivity index is 2.39. The molecule has 0 amide bonds. The number of fused-ring (bicyclic) bond motifs is 1. The van der Waals surface area contributed by atoms with E-state index in [0.717, 1.165) is 14.7 Å². The van der Waals surface area contributed by atoms with Crippen LogP contribution in [0, 0.1) is 10.1 Å². The Kier molecular flexibility index (Phi) is 2.34. The molecule has 4 heteroatoms. The van der Waals surface area contributed by atoms with Crippen LogP contribution < -0.4 is 4.43 Å². The highest BCUT2D eigenvalue weighted by Crippen LogP contribution is 2.20. The van der Waals surface area contributed by atoms with Gasteiger partial charge < -0.3 is 9.94 Å². The van der Waals surface area contributed by atoms with Crippen LogP contribution in [0.15, 0.2) is 60.8 Å². The largest absolute Gasteiger partial charge is 0.805 e. The maximum absolute atomic E-state index is 12.2. The van der Waals surface area contributed by atoms with Gasteiger partial charge in [-0.25, -0.2) is 0 Å². The van der Waals surface area contributed by atoms with Gasteiger partial charge in [0.15, 0.2) is 0 Å². The topological polar surface area (TPSA) is 51.0 Å². The molecular weight excluding hydrogens is 228 g/mol. The second-order valence-corrected chi connectivity index (χ2v) is 3.99. The van der Waals surface area contributed by atoms with Gasteiger partial charge in [0.1, 0.15) is 11.2 Å². The van der Waals surface area contributed by atoms with Crippen molar-refractivity contribution in [2.75, 3.05) is 0 Å². The van der Waals surface area contributed by atoms with E-state index in [-0.39, 0.29) is 0 Å². The Morgan fingerprint density at radius 1 is 0.944 bits per heavy atom. The summed E-state index contributed by atoms with van der Waals surface area (Å²) in [6.07, 6.45) is 1.31. The van der Waals surface area contributed by atoms with E-state index < -0.39 is 0 Å². The van der Waals surface area contributed by atoms with Crippen LogP contribution in [0.1, 0.15) is 0 Å². The van der Waals surface area contributed by atoms with E-state index in [2.05, 4.69) is 0 Å². The first kappa shape index (κ1) is 10.5. The fraction of sp³-hybridized carbons (Fsp3) is 0. The number of rotatable bonds is 1. The summed E-state index contributed by atoms with van der Waals surface area (Å²) < 4.78 is 1.52. The minimum atomic E-state index is 0.351. The van der Waals surface area contributed by atoms with E-state index in [0.29, 0.717) is 16.7 Å². The molecule has 0 saturated heterocycles. The second-order valence-electron chi connectivity index (χ2n) is 3.99. The highest BCUT2D eigenvalue weighted by Gasteiger charge is 2.12. The lowest BCUT2D eigenvalue weighted by Crippen LogP contribution is -2.18. The van der Waals surface area contributed by atoms with E-state index in [1.165, 1.54) is 6.20 Å². The highest BCUT2D eigenvalue weighted by molar-refractivity contribution is 5.75. The molecule has 1 aromatic heterocycles. The first-order valence-electron chi connectivity index (χ1n) is 5.57. The fourth-order valence-electron chi connectivity index (χ4n) is 1.99. The molecule has 0 aliphatic rings. The summed E-state index contributed by atoms with van der Waals surface area (Å²) in [5.41, 5.74) is 1.81. The molecule has 18 heavy (non-hydrogen) atoms. The molecule has 2 aromatic carbocycles. The average Bonchev–Trinajstić information content (AvgIpc) is 2.44. The van der Waals surface area contributed by atoms with Gasteiger partial charge in [0.2, 0.25) is 0 Å². The van der Waals surface area contributed by atoms with Crippen LogP contribution in [-0.4, -0.2) is 4.73 Å². The highest BCUT2D eigenvalue weighted by atomic mass is 16.5. The number of aromatic nitrogens is 2. The molecule has 88 valence electrons. The Bertz CT molecular complexity index is 764. The molecule has 0 saturated carbocycles. The third kappa shape index (κ3) is 1.55. The summed E-state index contributed by atoms with van der Waals surface area (Å²) in [6.45, 7) is 0. The summed E-state index contributed by atoms with van der Waals surface area (Å²) in [5.74, 6) is 0. The molecule has 0 aliphatic heterocycles. The number of hydrogen-bond acceptors (Lipinski definition) is 2. The van der Waals surface area contributed by atoms with Gasteiger partial charge in [-0.2, -0.15) is 0 Å². The monoisotopic (exact) mass is 238 g/mol. The van der Waals surface area contributed by atoms with Gasteiger partial charge in [-0.1, -0.05) is 42.5 Å². The molecule has 3 aromatic rings. The van der Waals surface area contributed by atoms with Crippen molar-refractivity contribution in [3.05, 3.63) is 70.9 Å². The molecular formula is C14H10N2O2. The van der Waals surface area contributed by atoms with Crippen LogP contribution in [0.5, 0.6) is 0 Å². The predicted octanol–water partition coefficient (Wildman–Crippen LogP) is 2.57. The number of benzene rings is 2. The first-order valence-corrected chi connectivity index (χ1v) is 5.57. The Morgan fingerprint density at radius 3 is 2.39 bits per heavy atom. The van der Waals surface area contributed by atoms with Gasteiger partial charge in [0.25, 0.3) is 11.7 Å². The zero-order chi connectivity index (χ0) is 12.5. The normalized spacial score (nSPS) is 10.7. The molecule has 0 spiro atoms. The zero-order valence-electron chi connectivity index (χ0n) is 9.48. The van der Waals surface area contributed by atoms with Crippen molar-refractivity contribution < 1.29 is 4.43 Å². The molecule has 0 aliphatic carbocycles. The lowest BCUT2D eigenvalue weighted by molar-refractivity contribution is -0.463. The molecule has 0 atom stereocenters. The Labute approximate surface area is 103 Å². The number of para-hydroxylation sites is 2. The van der Waals surface area contributed by atoms with Crippen molar-refractivity contribution in [1.82, 2.24) is 4.73 Å². The molecule has 0 bridgehead atoms. The summed E-state index contributed by atoms with van der Waals surface area (Å²) >= 11 is 0. The Morgan fingerprint density at radius 2 is 1.61 bits per heavy atom. The second kappa shape index (κ2) is 4.00. The summed E-state index contributed by atoms with van der Waals surface area (Å²) in [4.78, 5) is 11.9. The van der Waals surface area contributed by atoms with Crippen LogP contribution in [0.2, 0.25) is 0 Å². The van der Waals surface area contributed by atoms with Crippen LogP contribution in [0.3, 0.4) is 0 Å². The SMILES string of the molecule is O=[n+]1cc(-c2ccccc2)n([O-])c2ccccc21. The first-order chi connectivity index (χ1) is 8.77. The van der Waals surface area contributed by atoms with E-state index >= 15 is 0 Å². The molecule has 0 unspecified atom stereocenters. The lowest BCUT2D eigenvalue weighted by Gasteiger charge is -2.16. The van der Waals surface area contributed by atoms with E-state index in [1.54, 1.807) is 36.4 Å². The smallest absolute Gasteiger partial charge is 0.286 e. The van der Waals surface area contributed by atoms with Gasteiger partial charge in [-0.3, -0.25) is 0 Å². The van der Waals surface area contributed by atoms with Crippen LogP contribution in [-0.2, 0) is 0 Å². The predicted molar refractivity (Wildman–Crippen MR) is 69.5 cm³/mol. The van der Waals surface area contributed by atoms with Crippen molar-refractivity contribution in [1.29, 1.82) is 0 Å². The molecule has 3 rings (SSSR count). The van der Waals surface area contributed by atoms with Crippen molar-refractivity contribution in [3.63, 3.8) is 0 Å². The van der Waals surface area contributed by atoms with E-state index in [1.807, 2.05) is 18.2 Å². The van der Waals surface area contributed by atoms with Crippen LogP contribution >= 0.6 is 0 Å². The Hall–Kier alpha value is -2.62. The summed E-state index contributed by atoms with van der Waals surface area (Å²) in [7, 11) is 0. The molecule has 4 nitrogen and oxygen atoms in total. The van der Waals surface area contributed by atoms with Gasteiger partial charge in [0.05, 0.1) is 4.43 Å². The van der Waals surface area contributed by atoms with Crippen molar-refractivity contribution >= 4 is 11.0 Å². The van der Waals surface area contributed by atoms with Crippen LogP contribution in [0.25, 0.3) is 22.3 Å². The van der Waals surface area contributed by atoms with Crippen molar-refractivity contribution in [2.45, 2.75) is 0 Å². The van der Waals surface area contributed by atoms with Gasteiger partial charge in [-0.05, 0) is 6.07 Å². The van der Waals surface area contributed by atoms with E-state index in [9.17, 15) is 10.1 Å². The zero-order valence-corrected chi connectivity index (χ0v) is 9.48. The average molecular weight is 238 g/mol. The standard InChI is InChI=1S/C14H10N2O2/c17-15-10-14(11-6-2-1-3-7-11)16(18)13-9-5-4-8-12(13)15/h1-10H. The third-order valence-electron chi connectivity index (χ3n) is 2.87. The summed E-state index contributed by atoms with van der Waals surface area (Å²) in [5, 5.41) is 12.2. The molecule has 0 radical (unpaired) electrons. The van der Waals surface area contributed by atoms with Crippen LogP contribution in [0.4, 0.5) is 0 Å². The van der Waals surface area contributed by atoms with Crippen molar-refractivity contribution in [3.8, 4) is 11.3 Å². The fourth-order valence-corrected chi connectivity index (χ4v) is 1.99. The van der Waals surface area contributed by atoms with Gasteiger partial charge in [-0.15, -0.1) is 0 Å². The minimum Gasteiger partial charge on any atom is -0.805 e. The summed E-state index contributed by atoms with van der Waals surface area (Å²) in [6, 6.07) is 15.9. The number of nitrogens with zero attached hydrogens (tertiary/aromatic N) is 2. The third-order valence-corrected chi connectivity index (χ3v) is 2.87. The minimum absolute atomic E-state index is 0.351. The number of hydrogen-bond donors (Lipinski definition) is 0.